The van der Waals surface area contributed by atoms with Gasteiger partial charge in [-0.3, -0.25) is 14.9 Å². The van der Waals surface area contributed by atoms with Gasteiger partial charge in [0, 0.05) is 30.1 Å². The van der Waals surface area contributed by atoms with E-state index >= 15 is 0 Å². The van der Waals surface area contributed by atoms with Crippen LogP contribution in [0.4, 0.5) is 5.69 Å². The normalized spacial score (nSPS) is 13.5. The van der Waals surface area contributed by atoms with Crippen molar-refractivity contribution in [2.45, 2.75) is 19.9 Å². The maximum Gasteiger partial charge on any atom is 0.276 e. The summed E-state index contributed by atoms with van der Waals surface area (Å²) < 4.78 is 1.46. The third kappa shape index (κ3) is 2.76. The Bertz CT molecular complexity index is 1010. The second-order valence-electron chi connectivity index (χ2n) is 6.06. The van der Waals surface area contributed by atoms with Gasteiger partial charge in [0.1, 0.15) is 0 Å². The molecule has 1 aromatic carbocycles. The van der Waals surface area contributed by atoms with Crippen LogP contribution in [-0.2, 0) is 13.0 Å². The summed E-state index contributed by atoms with van der Waals surface area (Å²) in [5.74, 6) is -0.170. The third-order valence-corrected chi connectivity index (χ3v) is 5.50. The molecule has 132 valence electrons. The number of carbonyl (C=O) groups excluding carboxylic acids is 1. The molecule has 0 N–H and O–H groups in total. The number of fused-ring (bicyclic) bond motifs is 1. The molecule has 26 heavy (non-hydrogen) atoms. The molecule has 0 aliphatic carbocycles. The molecule has 0 unspecified atom stereocenters. The Morgan fingerprint density at radius 2 is 2.19 bits per heavy atom. The van der Waals surface area contributed by atoms with E-state index in [1.807, 2.05) is 11.4 Å². The van der Waals surface area contributed by atoms with Crippen LogP contribution in [-0.4, -0.2) is 37.3 Å². The number of carbonyl (C=O) groups is 1. The fraction of sp³-hybridized carbons (Fsp3) is 0.235. The summed E-state index contributed by atoms with van der Waals surface area (Å²) in [6.07, 6.45) is 0.844. The maximum absolute atomic E-state index is 12.9. The molecule has 0 spiro atoms. The molecule has 0 fully saturated rings. The predicted octanol–water partition coefficient (Wildman–Crippen LogP) is 2.74. The van der Waals surface area contributed by atoms with Crippen molar-refractivity contribution >= 4 is 22.9 Å². The van der Waals surface area contributed by atoms with Crippen LogP contribution >= 0.6 is 11.3 Å². The Labute approximate surface area is 152 Å². The highest BCUT2D eigenvalue weighted by molar-refractivity contribution is 7.10. The molecule has 1 amide bonds. The number of benzene rings is 1. The topological polar surface area (TPSA) is 94.2 Å². The van der Waals surface area contributed by atoms with Gasteiger partial charge in [0.25, 0.3) is 11.6 Å². The molecule has 0 saturated heterocycles. The van der Waals surface area contributed by atoms with Crippen LogP contribution in [0, 0.1) is 17.0 Å². The first-order chi connectivity index (χ1) is 12.5. The van der Waals surface area contributed by atoms with Crippen molar-refractivity contribution in [3.63, 3.8) is 0 Å². The van der Waals surface area contributed by atoms with Crippen LogP contribution in [0.2, 0.25) is 0 Å². The Morgan fingerprint density at radius 3 is 3.00 bits per heavy atom. The highest BCUT2D eigenvalue weighted by Crippen LogP contribution is 2.25. The van der Waals surface area contributed by atoms with Gasteiger partial charge in [-0.2, -0.15) is 0 Å². The Hall–Kier alpha value is -3.07. The molecule has 0 bridgehead atoms. The molecular weight excluding hydrogens is 354 g/mol. The summed E-state index contributed by atoms with van der Waals surface area (Å²) in [7, 11) is 0. The predicted molar refractivity (Wildman–Crippen MR) is 95.5 cm³/mol. The Balaban J connectivity index is 1.62. The number of non-ortho nitro benzene ring substituents is 1. The van der Waals surface area contributed by atoms with Crippen molar-refractivity contribution in [2.75, 3.05) is 6.54 Å². The summed E-state index contributed by atoms with van der Waals surface area (Å²) in [5, 5.41) is 21.1. The molecule has 2 aromatic heterocycles. The van der Waals surface area contributed by atoms with Gasteiger partial charge in [-0.25, -0.2) is 4.68 Å². The highest BCUT2D eigenvalue weighted by atomic mass is 32.1. The fourth-order valence-electron chi connectivity index (χ4n) is 3.08. The highest BCUT2D eigenvalue weighted by Gasteiger charge is 2.27. The molecule has 3 heterocycles. The van der Waals surface area contributed by atoms with Crippen molar-refractivity contribution in [3.8, 4) is 5.69 Å². The largest absolute Gasteiger partial charge is 0.332 e. The minimum Gasteiger partial charge on any atom is -0.332 e. The quantitative estimate of drug-likeness (QED) is 0.523. The van der Waals surface area contributed by atoms with Crippen molar-refractivity contribution in [2.24, 2.45) is 0 Å². The second-order valence-corrected chi connectivity index (χ2v) is 7.06. The fourth-order valence-corrected chi connectivity index (χ4v) is 3.97. The zero-order valence-electron chi connectivity index (χ0n) is 14.0. The summed E-state index contributed by atoms with van der Waals surface area (Å²) in [4.78, 5) is 26.5. The van der Waals surface area contributed by atoms with Gasteiger partial charge in [-0.1, -0.05) is 11.3 Å². The summed E-state index contributed by atoms with van der Waals surface area (Å²) in [6.45, 7) is 2.96. The summed E-state index contributed by atoms with van der Waals surface area (Å²) in [5.41, 5.74) is 2.48. The van der Waals surface area contributed by atoms with E-state index < -0.39 is 4.92 Å². The molecule has 4 rings (SSSR count). The van der Waals surface area contributed by atoms with Gasteiger partial charge in [-0.05, 0) is 36.4 Å². The zero-order valence-corrected chi connectivity index (χ0v) is 14.8. The number of rotatable bonds is 3. The molecule has 1 aliphatic heterocycles. The molecule has 0 atom stereocenters. The number of nitro groups is 1. The average molecular weight is 369 g/mol. The number of amides is 1. The molecular formula is C17H15N5O3S. The van der Waals surface area contributed by atoms with E-state index in [1.54, 1.807) is 35.3 Å². The van der Waals surface area contributed by atoms with E-state index in [2.05, 4.69) is 10.3 Å². The van der Waals surface area contributed by atoms with Crippen LogP contribution in [0.5, 0.6) is 0 Å². The van der Waals surface area contributed by atoms with Crippen LogP contribution in [0.3, 0.4) is 0 Å². The van der Waals surface area contributed by atoms with E-state index in [-0.39, 0.29) is 17.3 Å². The number of hydrogen-bond acceptors (Lipinski definition) is 6. The van der Waals surface area contributed by atoms with Crippen LogP contribution in [0.1, 0.15) is 26.6 Å². The number of aromatic nitrogens is 3. The van der Waals surface area contributed by atoms with Gasteiger partial charge in [-0.15, -0.1) is 16.4 Å². The lowest BCUT2D eigenvalue weighted by Crippen LogP contribution is -2.36. The van der Waals surface area contributed by atoms with Gasteiger partial charge in [0.2, 0.25) is 0 Å². The lowest BCUT2D eigenvalue weighted by Gasteiger charge is -2.26. The van der Waals surface area contributed by atoms with Gasteiger partial charge in [0.05, 0.1) is 16.3 Å². The minimum absolute atomic E-state index is 0.0358. The van der Waals surface area contributed by atoms with Gasteiger partial charge < -0.3 is 4.90 Å². The monoisotopic (exact) mass is 369 g/mol. The lowest BCUT2D eigenvalue weighted by atomic mass is 10.1. The van der Waals surface area contributed by atoms with Gasteiger partial charge >= 0.3 is 0 Å². The van der Waals surface area contributed by atoms with Crippen molar-refractivity contribution in [1.29, 1.82) is 0 Å². The molecule has 0 saturated carbocycles. The summed E-state index contributed by atoms with van der Waals surface area (Å²) >= 11 is 1.72. The van der Waals surface area contributed by atoms with Crippen molar-refractivity contribution < 1.29 is 9.72 Å². The van der Waals surface area contributed by atoms with Gasteiger partial charge in [0.15, 0.2) is 5.69 Å². The minimum atomic E-state index is -0.464. The number of thiophene rings is 1. The third-order valence-electron chi connectivity index (χ3n) is 4.48. The first-order valence-electron chi connectivity index (χ1n) is 8.06. The number of nitrogens with zero attached hydrogens (tertiary/aromatic N) is 5. The van der Waals surface area contributed by atoms with E-state index in [1.165, 1.54) is 27.3 Å². The molecule has 1 aliphatic rings. The first-order valence-corrected chi connectivity index (χ1v) is 8.94. The standard InChI is InChI=1S/C17H15N5O3S/c1-11-16(17(23)20-7-5-15-12(10-20)6-8-26-15)18-19-21(11)13-3-2-4-14(9-13)22(24)25/h2-4,6,8-9H,5,7,10H2,1H3. The van der Waals surface area contributed by atoms with Crippen LogP contribution < -0.4 is 0 Å². The van der Waals surface area contributed by atoms with Crippen LogP contribution in [0.15, 0.2) is 35.7 Å². The number of hydrogen-bond donors (Lipinski definition) is 0. The number of nitro benzene ring substituents is 1. The second kappa shape index (κ2) is 6.34. The van der Waals surface area contributed by atoms with E-state index in [0.717, 1.165) is 6.42 Å². The van der Waals surface area contributed by atoms with E-state index in [0.29, 0.717) is 24.5 Å². The maximum atomic E-state index is 12.9. The zero-order chi connectivity index (χ0) is 18.3. The molecule has 0 radical (unpaired) electrons. The summed E-state index contributed by atoms with van der Waals surface area (Å²) in [6, 6.07) is 8.15. The molecule has 3 aromatic rings. The smallest absolute Gasteiger partial charge is 0.276 e. The SMILES string of the molecule is Cc1c(C(=O)N2CCc3sccc3C2)nnn1-c1cccc([N+](=O)[O-])c1. The van der Waals surface area contributed by atoms with Crippen LogP contribution in [0.25, 0.3) is 5.69 Å². The Kier molecular flexibility index (Phi) is 4.00. The molecule has 8 nitrogen and oxygen atoms in total. The van der Waals surface area contributed by atoms with Crippen molar-refractivity contribution in [1.82, 2.24) is 19.9 Å². The first kappa shape index (κ1) is 16.4. The van der Waals surface area contributed by atoms with E-state index in [9.17, 15) is 14.9 Å². The van der Waals surface area contributed by atoms with Crippen molar-refractivity contribution in [3.05, 3.63) is 67.7 Å². The molecule has 9 heteroatoms. The van der Waals surface area contributed by atoms with E-state index in [4.69, 9.17) is 0 Å². The Morgan fingerprint density at radius 1 is 1.35 bits per heavy atom. The lowest BCUT2D eigenvalue weighted by molar-refractivity contribution is -0.384. The average Bonchev–Trinajstić information content (AvgIpc) is 3.27.